The van der Waals surface area contributed by atoms with Gasteiger partial charge in [0.25, 0.3) is 0 Å². The van der Waals surface area contributed by atoms with Gasteiger partial charge in [-0.25, -0.2) is 0 Å². The zero-order valence-corrected chi connectivity index (χ0v) is 4.26. The Morgan fingerprint density at radius 1 is 1.43 bits per heavy atom. The van der Waals surface area contributed by atoms with Gasteiger partial charge in [0.05, 0.1) is 0 Å². The SMILES string of the molecule is Cc1ccncc1.[2HH]. The molecule has 1 heterocycles. The van der Waals surface area contributed by atoms with Gasteiger partial charge >= 0.3 is 0 Å². The average Bonchev–Trinajstić information content (AvgIpc) is 1.69. The van der Waals surface area contributed by atoms with Gasteiger partial charge in [0.2, 0.25) is 0 Å². The molecule has 0 unspecified atom stereocenters. The highest BCUT2D eigenvalue weighted by Gasteiger charge is 1.72. The Hall–Kier alpha value is -0.850. The Bertz CT molecular complexity index is 138. The molecule has 0 fully saturated rings. The van der Waals surface area contributed by atoms with Gasteiger partial charge in [0.1, 0.15) is 0 Å². The van der Waals surface area contributed by atoms with Crippen molar-refractivity contribution >= 4 is 0 Å². The fourth-order valence-electron chi connectivity index (χ4n) is 0.426. The Balaban J connectivity index is 0.000000490. The van der Waals surface area contributed by atoms with Crippen molar-refractivity contribution in [3.8, 4) is 0 Å². The Morgan fingerprint density at radius 3 is 2.29 bits per heavy atom. The molecule has 0 N–H and O–H groups in total. The molecule has 1 aromatic heterocycles. The molecular formula is C6H9N. The molecule has 0 aromatic carbocycles. The lowest BCUT2D eigenvalue weighted by molar-refractivity contribution is 1.29. The molecule has 0 saturated heterocycles. The van der Waals surface area contributed by atoms with Crippen LogP contribution in [0.1, 0.15) is 6.99 Å². The van der Waals surface area contributed by atoms with Gasteiger partial charge in [0.15, 0.2) is 0 Å². The van der Waals surface area contributed by atoms with Crippen LogP contribution in [0.4, 0.5) is 0 Å². The predicted molar refractivity (Wildman–Crippen MR) is 31.1 cm³/mol. The number of hydrogen-bond acceptors (Lipinski definition) is 1. The van der Waals surface area contributed by atoms with Crippen molar-refractivity contribution in [1.82, 2.24) is 4.98 Å². The largest absolute Gasteiger partial charge is 0.265 e. The third-order valence-electron chi connectivity index (χ3n) is 0.847. The van der Waals surface area contributed by atoms with Crippen LogP contribution in [-0.2, 0) is 0 Å². The fraction of sp³-hybridized carbons (Fsp3) is 0.167. The standard InChI is InChI=1S/C6H7N.H2/c1-6-2-4-7-5-3-6;/h2-5H,1H3;1H/i;1+1. The Labute approximate surface area is 44.5 Å². The van der Waals surface area contributed by atoms with E-state index in [1.54, 1.807) is 12.4 Å². The van der Waals surface area contributed by atoms with Crippen LogP contribution in [-0.4, -0.2) is 4.98 Å². The van der Waals surface area contributed by atoms with Crippen LogP contribution in [0.3, 0.4) is 0 Å². The van der Waals surface area contributed by atoms with Crippen molar-refractivity contribution in [2.24, 2.45) is 0 Å². The second-order valence-electron chi connectivity index (χ2n) is 1.52. The van der Waals surface area contributed by atoms with Gasteiger partial charge in [-0.2, -0.15) is 0 Å². The fourth-order valence-corrected chi connectivity index (χ4v) is 0.426. The highest BCUT2D eigenvalue weighted by molar-refractivity contribution is 5.05. The minimum absolute atomic E-state index is 0. The summed E-state index contributed by atoms with van der Waals surface area (Å²) in [6, 6.07) is 3.94. The highest BCUT2D eigenvalue weighted by Crippen LogP contribution is 1.88. The average molecular weight is 96.2 g/mol. The molecule has 0 amide bonds. The molecular weight excluding hydrogens is 86.1 g/mol. The second kappa shape index (κ2) is 1.73. The Morgan fingerprint density at radius 2 is 2.00 bits per heavy atom. The lowest BCUT2D eigenvalue weighted by Gasteiger charge is -1.82. The number of pyridine rings is 1. The first kappa shape index (κ1) is 4.31. The van der Waals surface area contributed by atoms with Crippen LogP contribution in [0.25, 0.3) is 0 Å². The summed E-state index contributed by atoms with van der Waals surface area (Å²) < 4.78 is 0. The van der Waals surface area contributed by atoms with Crippen LogP contribution < -0.4 is 0 Å². The molecule has 0 aliphatic carbocycles. The number of aromatic nitrogens is 1. The van der Waals surface area contributed by atoms with Crippen molar-refractivity contribution in [2.75, 3.05) is 0 Å². The van der Waals surface area contributed by atoms with Gasteiger partial charge in [-0.15, -0.1) is 0 Å². The van der Waals surface area contributed by atoms with Crippen LogP contribution in [0.2, 0.25) is 0 Å². The summed E-state index contributed by atoms with van der Waals surface area (Å²) in [5, 5.41) is 0. The molecule has 0 bridgehead atoms. The molecule has 0 spiro atoms. The molecule has 0 saturated carbocycles. The van der Waals surface area contributed by atoms with E-state index in [0.717, 1.165) is 0 Å². The monoisotopic (exact) mass is 96.1 g/mol. The third-order valence-corrected chi connectivity index (χ3v) is 0.847. The summed E-state index contributed by atoms with van der Waals surface area (Å²) in [6.45, 7) is 2.04. The highest BCUT2D eigenvalue weighted by atomic mass is 14.6. The van der Waals surface area contributed by atoms with E-state index in [1.165, 1.54) is 5.56 Å². The lowest BCUT2D eigenvalue weighted by atomic mass is 10.3. The van der Waals surface area contributed by atoms with E-state index in [1.807, 2.05) is 19.1 Å². The van der Waals surface area contributed by atoms with Crippen molar-refractivity contribution in [1.29, 1.82) is 0 Å². The maximum atomic E-state index is 3.85. The smallest absolute Gasteiger partial charge is 0.0270 e. The van der Waals surface area contributed by atoms with Crippen molar-refractivity contribution in [3.05, 3.63) is 30.1 Å². The summed E-state index contributed by atoms with van der Waals surface area (Å²) in [4.78, 5) is 3.85. The van der Waals surface area contributed by atoms with E-state index in [2.05, 4.69) is 4.98 Å². The van der Waals surface area contributed by atoms with Crippen LogP contribution in [0, 0.1) is 6.92 Å². The zero-order chi connectivity index (χ0) is 5.11. The number of nitrogens with zero attached hydrogens (tertiary/aromatic N) is 1. The van der Waals surface area contributed by atoms with E-state index in [4.69, 9.17) is 0 Å². The zero-order valence-electron chi connectivity index (χ0n) is 4.26. The number of rotatable bonds is 0. The topological polar surface area (TPSA) is 12.9 Å². The number of hydrogen-bond donors (Lipinski definition) is 0. The summed E-state index contributed by atoms with van der Waals surface area (Å²) >= 11 is 0. The first-order valence-electron chi connectivity index (χ1n) is 2.26. The first-order valence-corrected chi connectivity index (χ1v) is 2.26. The van der Waals surface area contributed by atoms with E-state index >= 15 is 0 Å². The van der Waals surface area contributed by atoms with Gasteiger partial charge in [-0.05, 0) is 24.6 Å². The molecule has 0 atom stereocenters. The quantitative estimate of drug-likeness (QED) is 0.478. The van der Waals surface area contributed by atoms with Crippen molar-refractivity contribution in [2.45, 2.75) is 6.92 Å². The first-order chi connectivity index (χ1) is 3.39. The normalized spacial score (nSPS) is 8.71. The Kier molecular flexibility index (Phi) is 1.07. The van der Waals surface area contributed by atoms with E-state index in [9.17, 15) is 0 Å². The van der Waals surface area contributed by atoms with Gasteiger partial charge in [-0.1, -0.05) is 0 Å². The minimum atomic E-state index is 0. The third kappa shape index (κ3) is 1.000. The molecule has 7 heavy (non-hydrogen) atoms. The predicted octanol–water partition coefficient (Wildman–Crippen LogP) is 1.64. The van der Waals surface area contributed by atoms with Crippen molar-refractivity contribution < 1.29 is 1.43 Å². The van der Waals surface area contributed by atoms with Crippen LogP contribution >= 0.6 is 0 Å². The molecule has 0 aliphatic rings. The summed E-state index contributed by atoms with van der Waals surface area (Å²) in [5.74, 6) is 0. The summed E-state index contributed by atoms with van der Waals surface area (Å²) in [5.41, 5.74) is 1.26. The van der Waals surface area contributed by atoms with Crippen LogP contribution in [0.15, 0.2) is 24.5 Å². The molecule has 1 rings (SSSR count). The second-order valence-corrected chi connectivity index (χ2v) is 1.52. The van der Waals surface area contributed by atoms with Crippen LogP contribution in [0.5, 0.6) is 0 Å². The van der Waals surface area contributed by atoms with Gasteiger partial charge in [-0.3, -0.25) is 4.98 Å². The van der Waals surface area contributed by atoms with Crippen molar-refractivity contribution in [3.63, 3.8) is 0 Å². The van der Waals surface area contributed by atoms with E-state index < -0.39 is 0 Å². The molecule has 0 aliphatic heterocycles. The van der Waals surface area contributed by atoms with E-state index in [0.29, 0.717) is 0 Å². The van der Waals surface area contributed by atoms with Gasteiger partial charge in [0, 0.05) is 13.8 Å². The summed E-state index contributed by atoms with van der Waals surface area (Å²) in [7, 11) is 0. The molecule has 1 nitrogen and oxygen atoms in total. The minimum Gasteiger partial charge on any atom is -0.265 e. The maximum Gasteiger partial charge on any atom is 0.0270 e. The van der Waals surface area contributed by atoms with Gasteiger partial charge < -0.3 is 0 Å². The molecule has 38 valence electrons. The maximum absolute atomic E-state index is 3.85. The van der Waals surface area contributed by atoms with E-state index in [-0.39, 0.29) is 1.43 Å². The molecule has 1 heteroatoms. The molecule has 0 radical (unpaired) electrons. The summed E-state index contributed by atoms with van der Waals surface area (Å²) in [6.07, 6.45) is 3.57. The molecule has 1 aromatic rings. The lowest BCUT2D eigenvalue weighted by Crippen LogP contribution is -1.68. The number of aryl methyl sites for hydroxylation is 1.